The molecule has 5 fully saturated rings. The minimum atomic E-state index is -0.960. The molecule has 1 aliphatic heterocycles. The summed E-state index contributed by atoms with van der Waals surface area (Å²) < 4.78 is 10.9. The first-order chi connectivity index (χ1) is 37.7. The van der Waals surface area contributed by atoms with Crippen LogP contribution in [0.2, 0.25) is 10.0 Å². The molecule has 4 heterocycles. The molecule has 1 amide bonds. The predicted molar refractivity (Wildman–Crippen MR) is 306 cm³/mol. The summed E-state index contributed by atoms with van der Waals surface area (Å²) in [5, 5.41) is 22.1. The van der Waals surface area contributed by atoms with Crippen molar-refractivity contribution in [2.75, 3.05) is 6.54 Å². The highest BCUT2D eigenvalue weighted by atomic mass is 35.5. The molecule has 400 valence electrons. The van der Waals surface area contributed by atoms with E-state index in [2.05, 4.69) is 21.3 Å². The number of nitrogens with zero attached hydrogens (tertiary/aromatic N) is 5. The third-order valence-electron chi connectivity index (χ3n) is 15.0. The average molecular weight is 1140 g/mol. The zero-order valence-corrected chi connectivity index (χ0v) is 46.1. The minimum Gasteiger partial charge on any atom is -0.480 e. The molecule has 4 saturated carbocycles. The van der Waals surface area contributed by atoms with E-state index in [1.165, 1.54) is 68.0 Å². The van der Waals surface area contributed by atoms with E-state index in [9.17, 15) is 29.1 Å². The quantitative estimate of drug-likeness (QED) is 0.0923. The Morgan fingerprint density at radius 3 is 2.22 bits per heavy atom. The number of fused-ring (bicyclic) bond motifs is 2. The number of hydrogen-bond acceptors (Lipinski definition) is 12. The van der Waals surface area contributed by atoms with Gasteiger partial charge in [-0.15, -0.1) is 23.1 Å². The number of amides is 1. The van der Waals surface area contributed by atoms with Crippen LogP contribution in [0, 0.1) is 29.7 Å². The second kappa shape index (κ2) is 24.1. The molecule has 1 unspecified atom stereocenters. The molecule has 6 aliphatic rings. The number of para-hydroxylation sites is 1. The number of thiophene rings is 1. The predicted octanol–water partition coefficient (Wildman–Crippen LogP) is 14.9. The van der Waals surface area contributed by atoms with Crippen LogP contribution in [0.4, 0.5) is 16.2 Å². The standard InChI is InChI=1S/C23H27ClN2O3S.C22H18N2O2S2.C14H8ClNO4/c24-17-1-3-18(4-2-17)25-22-26(20(27)10-19(30-22)21(28)29)6-5-23-11-14-7-15(12-23)9-16(8-14)13-23;1-23-20-19(18-7-4-12-27-18)16-5-2-3-6-17(16)24-21(20)28-13-14-8-10-15(11-9-14)22(25)26;15-9-6-7-12-11(8-9)16(14(18)20-12)13(17)19-10-4-2-1-3-5-10/h1-4,14-16,19H,5-13H2,(H,28,29);4,7-12H,2-3,5-6,13H2,(H,25,26);1-8H. The largest absolute Gasteiger partial charge is 0.480 e. The summed E-state index contributed by atoms with van der Waals surface area (Å²) in [4.78, 5) is 75.6. The number of carbonyl (C=O) groups excluding carboxylic acids is 2. The van der Waals surface area contributed by atoms with Crippen molar-refractivity contribution in [2.45, 2.75) is 93.1 Å². The summed E-state index contributed by atoms with van der Waals surface area (Å²) in [6.07, 6.45) is 12.5. The van der Waals surface area contributed by atoms with Gasteiger partial charge in [0.2, 0.25) is 11.6 Å². The second-order valence-electron chi connectivity index (χ2n) is 20.4. The zero-order valence-electron chi connectivity index (χ0n) is 42.1. The van der Waals surface area contributed by atoms with Crippen LogP contribution < -0.4 is 10.5 Å². The lowest BCUT2D eigenvalue weighted by Gasteiger charge is -2.57. The molecule has 3 aromatic heterocycles. The lowest BCUT2D eigenvalue weighted by Crippen LogP contribution is -2.49. The van der Waals surface area contributed by atoms with E-state index < -0.39 is 29.0 Å². The van der Waals surface area contributed by atoms with Crippen molar-refractivity contribution in [1.29, 1.82) is 0 Å². The Morgan fingerprint density at radius 2 is 1.56 bits per heavy atom. The first kappa shape index (κ1) is 54.7. The summed E-state index contributed by atoms with van der Waals surface area (Å²) in [5.41, 5.74) is 6.97. The van der Waals surface area contributed by atoms with Gasteiger partial charge in [0, 0.05) is 38.5 Å². The normalized spacial score (nSPS) is 21.4. The van der Waals surface area contributed by atoms with Crippen molar-refractivity contribution in [2.24, 2.45) is 28.2 Å². The molecular weight excluding hydrogens is 1090 g/mol. The van der Waals surface area contributed by atoms with Gasteiger partial charge in [-0.05, 0) is 183 Å². The van der Waals surface area contributed by atoms with E-state index in [0.29, 0.717) is 50.0 Å². The van der Waals surface area contributed by atoms with Gasteiger partial charge in [0.15, 0.2) is 10.8 Å². The maximum absolute atomic E-state index is 12.9. The van der Waals surface area contributed by atoms with E-state index in [-0.39, 0.29) is 29.0 Å². The highest BCUT2D eigenvalue weighted by Crippen LogP contribution is 2.61. The van der Waals surface area contributed by atoms with Crippen LogP contribution in [0.3, 0.4) is 0 Å². The monoisotopic (exact) mass is 1140 g/mol. The minimum absolute atomic E-state index is 0.0283. The third kappa shape index (κ3) is 12.6. The summed E-state index contributed by atoms with van der Waals surface area (Å²) >= 11 is 16.2. The average Bonchev–Trinajstić information content (AvgIpc) is 4.22. The first-order valence-electron chi connectivity index (χ1n) is 25.8. The topological polar surface area (TPSA) is 186 Å². The number of carbonyl (C=O) groups is 4. The van der Waals surface area contributed by atoms with Gasteiger partial charge < -0.3 is 19.4 Å². The van der Waals surface area contributed by atoms with Gasteiger partial charge >= 0.3 is 23.8 Å². The lowest BCUT2D eigenvalue weighted by atomic mass is 9.49. The molecule has 4 aromatic carbocycles. The SMILES string of the molecule is O=C(O)C1CC(=O)N(CCC23CC4CC(CC(C4)C2)C3)C(=Nc2ccc(Cl)cc2)S1.O=C(Oc1ccccc1)n1c(=O)oc2ccc(Cl)cc21.[C-]#[N+]c1c(SCc2ccc(C(=O)O)cc2)nc2c(c1-c1cccs1)CCCC2. The van der Waals surface area contributed by atoms with E-state index in [1.807, 2.05) is 18.2 Å². The number of benzene rings is 4. The molecule has 1 atom stereocenters. The fraction of sp³-hybridized carbons (Fsp3) is 0.322. The van der Waals surface area contributed by atoms with Gasteiger partial charge in [-0.1, -0.05) is 71.4 Å². The van der Waals surface area contributed by atoms with Gasteiger partial charge in [0.1, 0.15) is 21.5 Å². The number of aryl methyl sites for hydroxylation is 1. The van der Waals surface area contributed by atoms with Crippen molar-refractivity contribution < 1.29 is 38.5 Å². The number of pyridine rings is 1. The van der Waals surface area contributed by atoms with Crippen LogP contribution in [0.1, 0.15) is 91.4 Å². The third-order valence-corrected chi connectivity index (χ3v) is 18.6. The number of ether oxygens (including phenoxy) is 1. The van der Waals surface area contributed by atoms with E-state index in [0.717, 1.165) is 81.1 Å². The van der Waals surface area contributed by atoms with Crippen molar-refractivity contribution in [3.63, 3.8) is 0 Å². The molecule has 14 nitrogen and oxygen atoms in total. The number of aromatic carboxylic acids is 1. The van der Waals surface area contributed by atoms with Crippen LogP contribution in [0.5, 0.6) is 5.75 Å². The van der Waals surface area contributed by atoms with Crippen LogP contribution in [-0.4, -0.2) is 65.6 Å². The highest BCUT2D eigenvalue weighted by Gasteiger charge is 2.51. The van der Waals surface area contributed by atoms with Gasteiger partial charge in [-0.25, -0.2) is 24.2 Å². The molecule has 78 heavy (non-hydrogen) atoms. The molecule has 2 N–H and O–H groups in total. The molecule has 19 heteroatoms. The number of amidine groups is 1. The second-order valence-corrected chi connectivity index (χ2v) is 24.3. The van der Waals surface area contributed by atoms with Crippen molar-refractivity contribution in [1.82, 2.24) is 14.5 Å². The number of carboxylic acid groups (broad SMARTS) is 2. The van der Waals surface area contributed by atoms with Crippen molar-refractivity contribution in [3.05, 3.63) is 169 Å². The Hall–Kier alpha value is -6.68. The van der Waals surface area contributed by atoms with Crippen molar-refractivity contribution in [3.8, 4) is 16.2 Å². The number of thioether (sulfide) groups is 2. The summed E-state index contributed by atoms with van der Waals surface area (Å²) in [6.45, 7) is 8.45. The molecule has 1 saturated heterocycles. The van der Waals surface area contributed by atoms with Crippen molar-refractivity contribution >= 4 is 110 Å². The Labute approximate surface area is 472 Å². The van der Waals surface area contributed by atoms with Gasteiger partial charge in [0.25, 0.3) is 0 Å². The number of oxazole rings is 1. The highest BCUT2D eigenvalue weighted by molar-refractivity contribution is 8.15. The van der Waals surface area contributed by atoms with E-state index in [4.69, 9.17) is 49.0 Å². The molecule has 7 aromatic rings. The van der Waals surface area contributed by atoms with Gasteiger partial charge in [-0.3, -0.25) is 19.5 Å². The molecular formula is C59H53Cl2N5O9S3. The smallest absolute Gasteiger partial charge is 0.429 e. The van der Waals surface area contributed by atoms with Gasteiger partial charge in [-0.2, -0.15) is 4.57 Å². The Morgan fingerprint density at radius 1 is 0.872 bits per heavy atom. The number of halogens is 2. The molecule has 13 rings (SSSR count). The Bertz CT molecular complexity index is 3470. The molecule has 5 aliphatic carbocycles. The van der Waals surface area contributed by atoms with Crippen LogP contribution >= 0.6 is 58.1 Å². The fourth-order valence-electron chi connectivity index (χ4n) is 11.9. The van der Waals surface area contributed by atoms with E-state index >= 15 is 0 Å². The number of aliphatic imine (C=N–C) groups is 1. The van der Waals surface area contributed by atoms with Gasteiger partial charge in [0.05, 0.1) is 24.2 Å². The lowest BCUT2D eigenvalue weighted by molar-refractivity contribution is -0.139. The number of aliphatic carboxylic acids is 1. The molecule has 0 spiro atoms. The summed E-state index contributed by atoms with van der Waals surface area (Å²) in [6, 6.07) is 31.1. The summed E-state index contributed by atoms with van der Waals surface area (Å²) in [5.74, 6) is 0.786. The number of rotatable bonds is 11. The zero-order chi connectivity index (χ0) is 54.5. The maximum Gasteiger partial charge on any atom is 0.429 e. The number of hydrogen-bond donors (Lipinski definition) is 2. The van der Waals surface area contributed by atoms with Crippen LogP contribution in [-0.2, 0) is 28.2 Å². The van der Waals surface area contributed by atoms with E-state index in [1.54, 1.807) is 101 Å². The number of carboxylic acids is 2. The maximum atomic E-state index is 12.9. The van der Waals surface area contributed by atoms with Crippen LogP contribution in [0.15, 0.2) is 134 Å². The fourth-order valence-corrected chi connectivity index (χ4v) is 15.0. The molecule has 0 radical (unpaired) electrons. The Kier molecular flexibility index (Phi) is 16.9. The van der Waals surface area contributed by atoms with Crippen LogP contribution in [0.25, 0.3) is 26.4 Å². The molecule has 4 bridgehead atoms. The first-order valence-corrected chi connectivity index (χ1v) is 29.3. The Balaban J connectivity index is 0.000000135. The summed E-state index contributed by atoms with van der Waals surface area (Å²) in [7, 11) is 0. The number of aromatic nitrogens is 2.